The van der Waals surface area contributed by atoms with E-state index in [9.17, 15) is 22.8 Å². The summed E-state index contributed by atoms with van der Waals surface area (Å²) in [4.78, 5) is 22.7. The van der Waals surface area contributed by atoms with Crippen molar-refractivity contribution in [3.05, 3.63) is 29.8 Å². The molecule has 1 atom stereocenters. The third kappa shape index (κ3) is 3.24. The summed E-state index contributed by atoms with van der Waals surface area (Å²) in [6.45, 7) is 0.255. The van der Waals surface area contributed by atoms with Crippen molar-refractivity contribution in [2.75, 3.05) is 11.9 Å². The number of carbonyl (C=O) groups is 2. The van der Waals surface area contributed by atoms with E-state index in [1.807, 2.05) is 0 Å². The van der Waals surface area contributed by atoms with E-state index >= 15 is 0 Å². The number of amides is 2. The first kappa shape index (κ1) is 13.4. The van der Waals surface area contributed by atoms with Crippen LogP contribution in [0.3, 0.4) is 0 Å². The molecule has 1 aromatic carbocycles. The van der Waals surface area contributed by atoms with Crippen LogP contribution >= 0.6 is 0 Å². The molecule has 0 saturated carbocycles. The molecule has 0 bridgehead atoms. The Morgan fingerprint density at radius 2 is 1.89 bits per heavy atom. The van der Waals surface area contributed by atoms with Gasteiger partial charge >= 0.3 is 6.18 Å². The minimum Gasteiger partial charge on any atom is -0.355 e. The molecule has 0 aromatic heterocycles. The van der Waals surface area contributed by atoms with Gasteiger partial charge in [-0.05, 0) is 24.3 Å². The maximum absolute atomic E-state index is 12.3. The molecule has 2 rings (SSSR count). The van der Waals surface area contributed by atoms with Gasteiger partial charge in [0.2, 0.25) is 11.8 Å². The van der Waals surface area contributed by atoms with E-state index in [0.29, 0.717) is 0 Å². The molecule has 102 valence electrons. The van der Waals surface area contributed by atoms with Gasteiger partial charge in [-0.15, -0.1) is 0 Å². The lowest BCUT2D eigenvalue weighted by Crippen LogP contribution is -2.24. The summed E-state index contributed by atoms with van der Waals surface area (Å²) in [6.07, 6.45) is -4.29. The van der Waals surface area contributed by atoms with Gasteiger partial charge in [0.15, 0.2) is 0 Å². The number of rotatable bonds is 2. The molecule has 4 nitrogen and oxygen atoms in total. The fourth-order valence-electron chi connectivity index (χ4n) is 1.78. The van der Waals surface area contributed by atoms with Crippen LogP contribution in [-0.2, 0) is 15.8 Å². The zero-order chi connectivity index (χ0) is 14.0. The molecule has 1 saturated heterocycles. The largest absolute Gasteiger partial charge is 0.416 e. The molecular weight excluding hydrogens is 261 g/mol. The first-order valence-corrected chi connectivity index (χ1v) is 5.61. The Labute approximate surface area is 107 Å². The van der Waals surface area contributed by atoms with Crippen molar-refractivity contribution < 1.29 is 22.8 Å². The fraction of sp³-hybridized carbons (Fsp3) is 0.333. The maximum Gasteiger partial charge on any atom is 0.416 e. The Morgan fingerprint density at radius 1 is 1.26 bits per heavy atom. The van der Waals surface area contributed by atoms with E-state index in [1.165, 1.54) is 12.1 Å². The molecule has 1 unspecified atom stereocenters. The number of nitrogens with one attached hydrogen (secondary N) is 2. The van der Waals surface area contributed by atoms with Crippen molar-refractivity contribution in [3.63, 3.8) is 0 Å². The van der Waals surface area contributed by atoms with Gasteiger partial charge in [-0.2, -0.15) is 13.2 Å². The Balaban J connectivity index is 2.00. The van der Waals surface area contributed by atoms with Crippen LogP contribution in [0.5, 0.6) is 0 Å². The summed E-state index contributed by atoms with van der Waals surface area (Å²) in [6, 6.07) is 4.16. The number of alkyl halides is 3. The van der Waals surface area contributed by atoms with Crippen molar-refractivity contribution in [2.24, 2.45) is 5.92 Å². The number of halogens is 3. The first-order valence-electron chi connectivity index (χ1n) is 5.61. The summed E-state index contributed by atoms with van der Waals surface area (Å²) < 4.78 is 37.0. The van der Waals surface area contributed by atoms with Crippen molar-refractivity contribution in [1.82, 2.24) is 5.32 Å². The normalized spacial score (nSPS) is 19.1. The van der Waals surface area contributed by atoms with Gasteiger partial charge in [0.1, 0.15) is 0 Å². The zero-order valence-corrected chi connectivity index (χ0v) is 9.75. The molecule has 1 heterocycles. The van der Waals surface area contributed by atoms with E-state index in [0.717, 1.165) is 12.1 Å². The quantitative estimate of drug-likeness (QED) is 0.862. The molecule has 1 aromatic rings. The van der Waals surface area contributed by atoms with Crippen LogP contribution in [0, 0.1) is 5.92 Å². The highest BCUT2D eigenvalue weighted by Gasteiger charge is 2.30. The van der Waals surface area contributed by atoms with Crippen molar-refractivity contribution in [2.45, 2.75) is 12.6 Å². The molecule has 0 radical (unpaired) electrons. The van der Waals surface area contributed by atoms with Crippen LogP contribution in [0.25, 0.3) is 0 Å². The lowest BCUT2D eigenvalue weighted by molar-refractivity contribution is -0.137. The Kier molecular flexibility index (Phi) is 3.46. The molecular formula is C12H11F3N2O2. The van der Waals surface area contributed by atoms with Crippen molar-refractivity contribution in [1.29, 1.82) is 0 Å². The third-order valence-electron chi connectivity index (χ3n) is 2.83. The summed E-state index contributed by atoms with van der Waals surface area (Å²) >= 11 is 0. The Hall–Kier alpha value is -2.05. The standard InChI is InChI=1S/C12H11F3N2O2/c13-12(14,15)8-1-3-9(4-2-8)17-11(19)7-5-10(18)16-6-7/h1-4,7H,5-6H2,(H,16,18)(H,17,19). The summed E-state index contributed by atoms with van der Waals surface area (Å²) in [5, 5.41) is 5.00. The molecule has 2 amide bonds. The van der Waals surface area contributed by atoms with Gasteiger partial charge in [0.25, 0.3) is 0 Å². The molecule has 19 heavy (non-hydrogen) atoms. The van der Waals surface area contributed by atoms with E-state index in [4.69, 9.17) is 0 Å². The molecule has 1 aliphatic heterocycles. The second kappa shape index (κ2) is 4.91. The summed E-state index contributed by atoms with van der Waals surface area (Å²) in [7, 11) is 0. The highest BCUT2D eigenvalue weighted by Crippen LogP contribution is 2.29. The van der Waals surface area contributed by atoms with Gasteiger partial charge in [0, 0.05) is 18.7 Å². The smallest absolute Gasteiger partial charge is 0.355 e. The highest BCUT2D eigenvalue weighted by molar-refractivity contribution is 5.97. The van der Waals surface area contributed by atoms with Gasteiger partial charge in [-0.1, -0.05) is 0 Å². The number of hydrogen-bond acceptors (Lipinski definition) is 2. The lowest BCUT2D eigenvalue weighted by Gasteiger charge is -2.10. The average molecular weight is 272 g/mol. The van der Waals surface area contributed by atoms with Gasteiger partial charge in [-0.25, -0.2) is 0 Å². The monoisotopic (exact) mass is 272 g/mol. The second-order valence-electron chi connectivity index (χ2n) is 4.27. The van der Waals surface area contributed by atoms with Crippen molar-refractivity contribution >= 4 is 17.5 Å². The summed E-state index contributed by atoms with van der Waals surface area (Å²) in [5.74, 6) is -1.06. The molecule has 1 fully saturated rings. The molecule has 2 N–H and O–H groups in total. The average Bonchev–Trinajstić information content (AvgIpc) is 2.75. The number of anilines is 1. The number of carbonyl (C=O) groups excluding carboxylic acids is 2. The zero-order valence-electron chi connectivity index (χ0n) is 9.75. The first-order chi connectivity index (χ1) is 8.86. The minimum atomic E-state index is -4.40. The molecule has 7 heteroatoms. The van der Waals surface area contributed by atoms with Crippen LogP contribution in [-0.4, -0.2) is 18.4 Å². The fourth-order valence-corrected chi connectivity index (χ4v) is 1.78. The molecule has 1 aliphatic rings. The van der Waals surface area contributed by atoms with Crippen LogP contribution in [0.4, 0.5) is 18.9 Å². The second-order valence-corrected chi connectivity index (χ2v) is 4.27. The third-order valence-corrected chi connectivity index (χ3v) is 2.83. The number of benzene rings is 1. The molecule has 0 spiro atoms. The predicted molar refractivity (Wildman–Crippen MR) is 61.2 cm³/mol. The van der Waals surface area contributed by atoms with E-state index in [2.05, 4.69) is 10.6 Å². The van der Waals surface area contributed by atoms with Crippen LogP contribution in [0.15, 0.2) is 24.3 Å². The van der Waals surface area contributed by atoms with Crippen LogP contribution in [0.1, 0.15) is 12.0 Å². The number of hydrogen-bond donors (Lipinski definition) is 2. The van der Waals surface area contributed by atoms with Gasteiger partial charge in [0.05, 0.1) is 11.5 Å². The van der Waals surface area contributed by atoms with Gasteiger partial charge in [-0.3, -0.25) is 9.59 Å². The Bertz CT molecular complexity index is 497. The van der Waals surface area contributed by atoms with Crippen LogP contribution < -0.4 is 10.6 Å². The lowest BCUT2D eigenvalue weighted by atomic mass is 10.1. The maximum atomic E-state index is 12.3. The minimum absolute atomic E-state index is 0.104. The van der Waals surface area contributed by atoms with E-state index in [-0.39, 0.29) is 30.5 Å². The van der Waals surface area contributed by atoms with Crippen molar-refractivity contribution in [3.8, 4) is 0 Å². The highest BCUT2D eigenvalue weighted by atomic mass is 19.4. The predicted octanol–water partition coefficient (Wildman–Crippen LogP) is 1.78. The Morgan fingerprint density at radius 3 is 2.37 bits per heavy atom. The van der Waals surface area contributed by atoms with E-state index < -0.39 is 17.7 Å². The molecule has 0 aliphatic carbocycles. The topological polar surface area (TPSA) is 58.2 Å². The SMILES string of the molecule is O=C1CC(C(=O)Nc2ccc(C(F)(F)F)cc2)CN1. The van der Waals surface area contributed by atoms with E-state index in [1.54, 1.807) is 0 Å². The van der Waals surface area contributed by atoms with Gasteiger partial charge < -0.3 is 10.6 Å². The van der Waals surface area contributed by atoms with Crippen LogP contribution in [0.2, 0.25) is 0 Å². The summed E-state index contributed by atoms with van der Waals surface area (Å²) in [5.41, 5.74) is -0.499.